The minimum absolute atomic E-state index is 0.314. The number of nitrogens with one attached hydrogen (secondary N) is 1. The Balaban J connectivity index is 2.40. The first-order valence-electron chi connectivity index (χ1n) is 6.92. The molecule has 1 N–H and O–H groups in total. The van der Waals surface area contributed by atoms with Gasteiger partial charge in [-0.3, -0.25) is 0 Å². The van der Waals surface area contributed by atoms with E-state index in [2.05, 4.69) is 50.0 Å². The summed E-state index contributed by atoms with van der Waals surface area (Å²) in [6.07, 6.45) is 3.52. The van der Waals surface area contributed by atoms with Gasteiger partial charge in [0.15, 0.2) is 11.6 Å². The molecule has 21 heavy (non-hydrogen) atoms. The molecule has 0 aliphatic heterocycles. The lowest BCUT2D eigenvalue weighted by Gasteiger charge is -2.15. The van der Waals surface area contributed by atoms with Crippen LogP contribution in [0, 0.1) is 6.92 Å². The molecule has 112 valence electrons. The molecule has 2 aromatic heterocycles. The fourth-order valence-corrected chi connectivity index (χ4v) is 2.20. The predicted molar refractivity (Wildman–Crippen MR) is 87.0 cm³/mol. The van der Waals surface area contributed by atoms with Crippen molar-refractivity contribution in [2.24, 2.45) is 0 Å². The van der Waals surface area contributed by atoms with Gasteiger partial charge >= 0.3 is 0 Å². The monoisotopic (exact) mass is 350 g/mol. The molecule has 0 saturated heterocycles. The Morgan fingerprint density at radius 1 is 1.24 bits per heavy atom. The van der Waals surface area contributed by atoms with Gasteiger partial charge in [-0.25, -0.2) is 15.0 Å². The van der Waals surface area contributed by atoms with Crippen LogP contribution in [0.3, 0.4) is 0 Å². The van der Waals surface area contributed by atoms with Gasteiger partial charge in [-0.1, -0.05) is 13.8 Å². The van der Waals surface area contributed by atoms with E-state index in [4.69, 9.17) is 4.74 Å². The van der Waals surface area contributed by atoms with Gasteiger partial charge in [0.25, 0.3) is 0 Å². The number of halogens is 1. The Morgan fingerprint density at radius 3 is 2.67 bits per heavy atom. The third-order valence-electron chi connectivity index (χ3n) is 2.92. The van der Waals surface area contributed by atoms with E-state index in [1.165, 1.54) is 0 Å². The average molecular weight is 351 g/mol. The Kier molecular flexibility index (Phi) is 5.12. The van der Waals surface area contributed by atoms with E-state index in [1.54, 1.807) is 6.20 Å². The molecule has 2 rings (SSSR count). The van der Waals surface area contributed by atoms with Crippen molar-refractivity contribution in [3.8, 4) is 11.5 Å². The average Bonchev–Trinajstić information content (AvgIpc) is 2.42. The van der Waals surface area contributed by atoms with Crippen molar-refractivity contribution < 1.29 is 4.74 Å². The molecule has 2 heterocycles. The van der Waals surface area contributed by atoms with Crippen molar-refractivity contribution in [3.05, 3.63) is 34.5 Å². The van der Waals surface area contributed by atoms with Gasteiger partial charge in [0, 0.05) is 24.4 Å². The van der Waals surface area contributed by atoms with E-state index < -0.39 is 0 Å². The highest BCUT2D eigenvalue weighted by Crippen LogP contribution is 2.34. The summed E-state index contributed by atoms with van der Waals surface area (Å²) in [4.78, 5) is 12.9. The second kappa shape index (κ2) is 6.85. The maximum atomic E-state index is 6.03. The topological polar surface area (TPSA) is 59.9 Å². The first-order valence-corrected chi connectivity index (χ1v) is 7.71. The lowest BCUT2D eigenvalue weighted by molar-refractivity contribution is 0.468. The zero-order valence-electron chi connectivity index (χ0n) is 12.6. The highest BCUT2D eigenvalue weighted by molar-refractivity contribution is 9.10. The third-order valence-corrected chi connectivity index (χ3v) is 3.36. The number of hydrogen-bond donors (Lipinski definition) is 1. The summed E-state index contributed by atoms with van der Waals surface area (Å²) in [5.74, 6) is 3.10. The molecule has 2 aromatic rings. The van der Waals surface area contributed by atoms with Crippen LogP contribution in [-0.2, 0) is 0 Å². The molecule has 5 nitrogen and oxygen atoms in total. The van der Waals surface area contributed by atoms with Gasteiger partial charge in [-0.15, -0.1) is 0 Å². The van der Waals surface area contributed by atoms with Crippen molar-refractivity contribution in [1.29, 1.82) is 0 Å². The molecule has 0 aliphatic rings. The van der Waals surface area contributed by atoms with E-state index >= 15 is 0 Å². The van der Waals surface area contributed by atoms with Crippen LogP contribution in [0.25, 0.3) is 0 Å². The van der Waals surface area contributed by atoms with E-state index in [1.807, 2.05) is 26.1 Å². The summed E-state index contributed by atoms with van der Waals surface area (Å²) < 4.78 is 6.77. The highest BCUT2D eigenvalue weighted by Gasteiger charge is 2.13. The van der Waals surface area contributed by atoms with Crippen LogP contribution in [0.4, 0.5) is 5.82 Å². The molecule has 0 radical (unpaired) electrons. The molecule has 0 amide bonds. The summed E-state index contributed by atoms with van der Waals surface area (Å²) >= 11 is 3.38. The second-order valence-electron chi connectivity index (χ2n) is 4.96. The Morgan fingerprint density at radius 2 is 2.00 bits per heavy atom. The van der Waals surface area contributed by atoms with Crippen LogP contribution >= 0.6 is 15.9 Å². The normalized spacial score (nSPS) is 10.8. The predicted octanol–water partition coefficient (Wildman–Crippen LogP) is 4.29. The molecule has 0 bridgehead atoms. The fraction of sp³-hybridized carbons (Fsp3) is 0.400. The van der Waals surface area contributed by atoms with Crippen molar-refractivity contribution in [2.75, 3.05) is 11.9 Å². The largest absolute Gasteiger partial charge is 0.451 e. The molecule has 0 fully saturated rings. The van der Waals surface area contributed by atoms with Crippen LogP contribution in [0.15, 0.2) is 23.1 Å². The number of aromatic nitrogens is 3. The zero-order valence-corrected chi connectivity index (χ0v) is 14.2. The Labute approximate surface area is 133 Å². The van der Waals surface area contributed by atoms with Crippen LogP contribution in [0.5, 0.6) is 11.5 Å². The maximum absolute atomic E-state index is 6.03. The first-order chi connectivity index (χ1) is 10.0. The third kappa shape index (κ3) is 3.91. The van der Waals surface area contributed by atoms with E-state index in [9.17, 15) is 0 Å². The number of aryl methyl sites for hydroxylation is 1. The van der Waals surface area contributed by atoms with Crippen LogP contribution in [0.1, 0.15) is 38.1 Å². The summed E-state index contributed by atoms with van der Waals surface area (Å²) in [5.41, 5.74) is 1.04. The SMILES string of the molecule is CCNc1nc(C)ncc1Oc1cc(Br)ncc1C(C)C. The van der Waals surface area contributed by atoms with Crippen LogP contribution in [-0.4, -0.2) is 21.5 Å². The summed E-state index contributed by atoms with van der Waals surface area (Å²) in [6.45, 7) is 8.85. The van der Waals surface area contributed by atoms with Crippen LogP contribution < -0.4 is 10.1 Å². The maximum Gasteiger partial charge on any atom is 0.187 e. The first kappa shape index (κ1) is 15.7. The van der Waals surface area contributed by atoms with E-state index in [0.29, 0.717) is 23.3 Å². The lowest BCUT2D eigenvalue weighted by atomic mass is 10.1. The molecule has 0 aliphatic carbocycles. The van der Waals surface area contributed by atoms with Gasteiger partial charge in [0.2, 0.25) is 0 Å². The Bertz CT molecular complexity index is 631. The fourth-order valence-electron chi connectivity index (χ4n) is 1.89. The molecule has 0 spiro atoms. The van der Waals surface area contributed by atoms with Crippen molar-refractivity contribution in [3.63, 3.8) is 0 Å². The molecular formula is C15H19BrN4O. The van der Waals surface area contributed by atoms with E-state index in [-0.39, 0.29) is 0 Å². The number of nitrogens with zero attached hydrogens (tertiary/aromatic N) is 3. The van der Waals surface area contributed by atoms with Crippen molar-refractivity contribution in [2.45, 2.75) is 33.6 Å². The quantitative estimate of drug-likeness (QED) is 0.815. The number of rotatable bonds is 5. The van der Waals surface area contributed by atoms with Crippen molar-refractivity contribution in [1.82, 2.24) is 15.0 Å². The van der Waals surface area contributed by atoms with Crippen LogP contribution in [0.2, 0.25) is 0 Å². The minimum atomic E-state index is 0.314. The minimum Gasteiger partial charge on any atom is -0.451 e. The number of pyridine rings is 1. The van der Waals surface area contributed by atoms with Gasteiger partial charge in [0.1, 0.15) is 16.2 Å². The molecular weight excluding hydrogens is 332 g/mol. The molecule has 0 atom stereocenters. The van der Waals surface area contributed by atoms with Gasteiger partial charge in [0.05, 0.1) is 6.20 Å². The van der Waals surface area contributed by atoms with E-state index in [0.717, 1.165) is 22.5 Å². The second-order valence-corrected chi connectivity index (χ2v) is 5.77. The lowest BCUT2D eigenvalue weighted by Crippen LogP contribution is -2.05. The molecule has 6 heteroatoms. The summed E-state index contributed by atoms with van der Waals surface area (Å²) in [5, 5.41) is 3.20. The number of hydrogen-bond acceptors (Lipinski definition) is 5. The number of anilines is 1. The Hall–Kier alpha value is -1.69. The molecule has 0 aromatic carbocycles. The van der Waals surface area contributed by atoms with Crippen molar-refractivity contribution >= 4 is 21.7 Å². The van der Waals surface area contributed by atoms with Gasteiger partial charge in [-0.05, 0) is 35.7 Å². The molecule has 0 saturated carbocycles. The number of ether oxygens (including phenoxy) is 1. The molecule has 0 unspecified atom stereocenters. The smallest absolute Gasteiger partial charge is 0.187 e. The standard InChI is InChI=1S/C15H19BrN4O/c1-5-17-15-13(8-18-10(4)20-15)21-12-6-14(16)19-7-11(12)9(2)3/h6-9H,5H2,1-4H3,(H,17,18,20). The zero-order chi connectivity index (χ0) is 15.4. The highest BCUT2D eigenvalue weighted by atomic mass is 79.9. The van der Waals surface area contributed by atoms with Gasteiger partial charge in [-0.2, -0.15) is 0 Å². The van der Waals surface area contributed by atoms with Gasteiger partial charge < -0.3 is 10.1 Å². The summed E-state index contributed by atoms with van der Waals surface area (Å²) in [7, 11) is 0. The summed E-state index contributed by atoms with van der Waals surface area (Å²) in [6, 6.07) is 1.87.